The molecule has 0 aliphatic carbocycles. The minimum Gasteiger partial charge on any atom is -0.496 e. The summed E-state index contributed by atoms with van der Waals surface area (Å²) in [5.74, 6) is 0.942. The van der Waals surface area contributed by atoms with Crippen molar-refractivity contribution in [3.8, 4) is 11.9 Å². The van der Waals surface area contributed by atoms with Gasteiger partial charge in [-0.3, -0.25) is 0 Å². The van der Waals surface area contributed by atoms with Crippen LogP contribution in [0.5, 0.6) is 5.75 Å². The third-order valence-electron chi connectivity index (χ3n) is 3.30. The number of likely N-dealkylation sites (N-methyl/N-ethyl adjacent to an activating group) is 1. The SMILES string of the molecule is COc1cc(C)c(CCN(C)C#N)c(C)c1C. The molecule has 0 amide bonds. The van der Waals surface area contributed by atoms with Crippen LogP contribution in [0.3, 0.4) is 0 Å². The highest BCUT2D eigenvalue weighted by Crippen LogP contribution is 2.27. The van der Waals surface area contributed by atoms with Crippen molar-refractivity contribution in [2.45, 2.75) is 27.2 Å². The van der Waals surface area contributed by atoms with E-state index in [2.05, 4.69) is 33.0 Å². The Morgan fingerprint density at radius 2 is 1.94 bits per heavy atom. The second-order valence-corrected chi connectivity index (χ2v) is 4.40. The highest BCUT2D eigenvalue weighted by atomic mass is 16.5. The second-order valence-electron chi connectivity index (χ2n) is 4.40. The molecule has 17 heavy (non-hydrogen) atoms. The molecule has 1 aromatic carbocycles. The van der Waals surface area contributed by atoms with Crippen molar-refractivity contribution in [1.82, 2.24) is 4.90 Å². The van der Waals surface area contributed by atoms with Crippen LogP contribution in [-0.2, 0) is 6.42 Å². The fourth-order valence-electron chi connectivity index (χ4n) is 2.03. The van der Waals surface area contributed by atoms with Crippen molar-refractivity contribution in [2.75, 3.05) is 20.7 Å². The number of nitriles is 1. The molecular formula is C14H20N2O. The van der Waals surface area contributed by atoms with Crippen LogP contribution < -0.4 is 4.74 Å². The molecule has 0 unspecified atom stereocenters. The van der Waals surface area contributed by atoms with Gasteiger partial charge in [0.2, 0.25) is 0 Å². The van der Waals surface area contributed by atoms with E-state index in [0.29, 0.717) is 0 Å². The van der Waals surface area contributed by atoms with Gasteiger partial charge < -0.3 is 9.64 Å². The molecule has 0 spiro atoms. The van der Waals surface area contributed by atoms with E-state index in [9.17, 15) is 0 Å². The molecule has 0 bridgehead atoms. The number of aryl methyl sites for hydroxylation is 1. The summed E-state index contributed by atoms with van der Waals surface area (Å²) in [6.45, 7) is 7.04. The van der Waals surface area contributed by atoms with Crippen molar-refractivity contribution in [2.24, 2.45) is 0 Å². The highest BCUT2D eigenvalue weighted by Gasteiger charge is 2.10. The lowest BCUT2D eigenvalue weighted by atomic mass is 9.95. The molecule has 3 heteroatoms. The minimum atomic E-state index is 0.754. The summed E-state index contributed by atoms with van der Waals surface area (Å²) >= 11 is 0. The van der Waals surface area contributed by atoms with E-state index in [0.717, 1.165) is 18.7 Å². The number of rotatable bonds is 4. The third-order valence-corrected chi connectivity index (χ3v) is 3.30. The van der Waals surface area contributed by atoms with E-state index in [-0.39, 0.29) is 0 Å². The molecule has 0 heterocycles. The zero-order chi connectivity index (χ0) is 13.0. The fraction of sp³-hybridized carbons (Fsp3) is 0.500. The van der Waals surface area contributed by atoms with E-state index in [1.165, 1.54) is 22.3 Å². The Bertz CT molecular complexity index is 447. The van der Waals surface area contributed by atoms with Gasteiger partial charge in [0.25, 0.3) is 0 Å². The van der Waals surface area contributed by atoms with Gasteiger partial charge in [0.05, 0.1) is 7.11 Å². The van der Waals surface area contributed by atoms with Crippen LogP contribution in [0.1, 0.15) is 22.3 Å². The monoisotopic (exact) mass is 232 g/mol. The summed E-state index contributed by atoms with van der Waals surface area (Å²) in [7, 11) is 3.51. The molecule has 0 atom stereocenters. The van der Waals surface area contributed by atoms with Crippen LogP contribution >= 0.6 is 0 Å². The third kappa shape index (κ3) is 2.91. The maximum atomic E-state index is 8.74. The average molecular weight is 232 g/mol. The summed E-state index contributed by atoms with van der Waals surface area (Å²) in [5.41, 5.74) is 5.02. The minimum absolute atomic E-state index is 0.754. The van der Waals surface area contributed by atoms with E-state index in [4.69, 9.17) is 10.00 Å². The topological polar surface area (TPSA) is 36.3 Å². The zero-order valence-corrected chi connectivity index (χ0v) is 11.3. The van der Waals surface area contributed by atoms with Gasteiger partial charge in [-0.25, -0.2) is 0 Å². The maximum Gasteiger partial charge on any atom is 0.179 e. The molecular weight excluding hydrogens is 212 g/mol. The van der Waals surface area contributed by atoms with Crippen LogP contribution in [0, 0.1) is 32.2 Å². The Labute approximate surface area is 104 Å². The van der Waals surface area contributed by atoms with Crippen molar-refractivity contribution in [1.29, 1.82) is 5.26 Å². The second kappa shape index (κ2) is 5.58. The van der Waals surface area contributed by atoms with E-state index in [1.807, 2.05) is 0 Å². The Morgan fingerprint density at radius 3 is 2.47 bits per heavy atom. The first kappa shape index (κ1) is 13.4. The fourth-order valence-corrected chi connectivity index (χ4v) is 2.03. The van der Waals surface area contributed by atoms with Gasteiger partial charge in [-0.05, 0) is 55.5 Å². The number of ether oxygens (including phenoxy) is 1. The van der Waals surface area contributed by atoms with Gasteiger partial charge in [0.15, 0.2) is 6.19 Å². The molecule has 0 saturated heterocycles. The molecule has 0 fully saturated rings. The maximum absolute atomic E-state index is 8.74. The average Bonchev–Trinajstić information content (AvgIpc) is 2.33. The van der Waals surface area contributed by atoms with Gasteiger partial charge in [-0.2, -0.15) is 5.26 Å². The quantitative estimate of drug-likeness (QED) is 0.591. The first-order valence-electron chi connectivity index (χ1n) is 5.75. The zero-order valence-electron chi connectivity index (χ0n) is 11.3. The molecule has 3 nitrogen and oxygen atoms in total. The summed E-state index contributed by atoms with van der Waals surface area (Å²) in [6, 6.07) is 2.07. The van der Waals surface area contributed by atoms with E-state index in [1.54, 1.807) is 19.1 Å². The van der Waals surface area contributed by atoms with E-state index < -0.39 is 0 Å². The first-order valence-corrected chi connectivity index (χ1v) is 5.75. The van der Waals surface area contributed by atoms with Crippen molar-refractivity contribution in [3.05, 3.63) is 28.3 Å². The number of hydrogen-bond donors (Lipinski definition) is 0. The van der Waals surface area contributed by atoms with Crippen LogP contribution in [0.15, 0.2) is 6.07 Å². The molecule has 0 N–H and O–H groups in total. The van der Waals surface area contributed by atoms with Crippen LogP contribution in [0.4, 0.5) is 0 Å². The summed E-state index contributed by atoms with van der Waals surface area (Å²) < 4.78 is 5.35. The molecule has 0 aromatic heterocycles. The van der Waals surface area contributed by atoms with Gasteiger partial charge in [-0.15, -0.1) is 0 Å². The number of benzene rings is 1. The lowest BCUT2D eigenvalue weighted by molar-refractivity contribution is 0.410. The van der Waals surface area contributed by atoms with Crippen LogP contribution in [-0.4, -0.2) is 25.6 Å². The molecule has 92 valence electrons. The summed E-state index contributed by atoms with van der Waals surface area (Å²) in [6.07, 6.45) is 3.02. The van der Waals surface area contributed by atoms with Gasteiger partial charge in [-0.1, -0.05) is 0 Å². The van der Waals surface area contributed by atoms with Crippen LogP contribution in [0.2, 0.25) is 0 Å². The van der Waals surface area contributed by atoms with Crippen molar-refractivity contribution < 1.29 is 4.74 Å². The first-order chi connectivity index (χ1) is 8.01. The predicted octanol–water partition coefficient (Wildman–Crippen LogP) is 2.58. The van der Waals surface area contributed by atoms with Gasteiger partial charge in [0, 0.05) is 13.6 Å². The molecule has 1 aromatic rings. The highest BCUT2D eigenvalue weighted by molar-refractivity contribution is 5.48. The Balaban J connectivity index is 3.01. The Morgan fingerprint density at radius 1 is 1.29 bits per heavy atom. The molecule has 0 saturated carbocycles. The summed E-state index contributed by atoms with van der Waals surface area (Å²) in [4.78, 5) is 1.65. The van der Waals surface area contributed by atoms with E-state index >= 15 is 0 Å². The molecule has 0 aliphatic heterocycles. The van der Waals surface area contributed by atoms with Crippen LogP contribution in [0.25, 0.3) is 0 Å². The number of hydrogen-bond acceptors (Lipinski definition) is 3. The Hall–Kier alpha value is -1.69. The van der Waals surface area contributed by atoms with Crippen molar-refractivity contribution in [3.63, 3.8) is 0 Å². The molecule has 0 aliphatic rings. The molecule has 0 radical (unpaired) electrons. The largest absolute Gasteiger partial charge is 0.496 e. The smallest absolute Gasteiger partial charge is 0.179 e. The molecule has 1 rings (SSSR count). The predicted molar refractivity (Wildman–Crippen MR) is 69.2 cm³/mol. The lowest BCUT2D eigenvalue weighted by Crippen LogP contribution is -2.16. The number of methoxy groups -OCH3 is 1. The van der Waals surface area contributed by atoms with Crippen molar-refractivity contribution >= 4 is 0 Å². The number of nitrogens with zero attached hydrogens (tertiary/aromatic N) is 2. The normalized spacial score (nSPS) is 9.88. The van der Waals surface area contributed by atoms with Gasteiger partial charge >= 0.3 is 0 Å². The standard InChI is InChI=1S/C14H20N2O/c1-10-8-14(17-5)12(3)11(2)13(10)6-7-16(4)9-15/h8H,6-7H2,1-5H3. The van der Waals surface area contributed by atoms with Gasteiger partial charge in [0.1, 0.15) is 5.75 Å². The lowest BCUT2D eigenvalue weighted by Gasteiger charge is -2.17. The Kier molecular flexibility index (Phi) is 4.39. The summed E-state index contributed by atoms with van der Waals surface area (Å²) in [5, 5.41) is 8.74.